The quantitative estimate of drug-likeness (QED) is 0.372. The average Bonchev–Trinajstić information content (AvgIpc) is 3.12. The van der Waals surface area contributed by atoms with E-state index < -0.39 is 0 Å². The van der Waals surface area contributed by atoms with Crippen molar-refractivity contribution in [1.29, 1.82) is 0 Å². The zero-order chi connectivity index (χ0) is 18.5. The summed E-state index contributed by atoms with van der Waals surface area (Å²) in [5.41, 5.74) is 8.57. The van der Waals surface area contributed by atoms with Crippen LogP contribution in [0.1, 0.15) is 47.1 Å². The Labute approximate surface area is 165 Å². The van der Waals surface area contributed by atoms with Gasteiger partial charge in [0.15, 0.2) is 0 Å². The summed E-state index contributed by atoms with van der Waals surface area (Å²) in [6.45, 7) is 0. The van der Waals surface area contributed by atoms with Crippen LogP contribution in [0.25, 0.3) is 16.6 Å². The minimum Gasteiger partial charge on any atom is -0.313 e. The Bertz CT molecular complexity index is 1180. The van der Waals surface area contributed by atoms with Gasteiger partial charge in [-0.15, -0.1) is 0 Å². The first-order valence-electron chi connectivity index (χ1n) is 10.4. The molecule has 4 aromatic rings. The largest absolute Gasteiger partial charge is 0.313 e. The van der Waals surface area contributed by atoms with Gasteiger partial charge in [-0.05, 0) is 42.0 Å². The molecule has 0 unspecified atom stereocenters. The number of aryl methyl sites for hydroxylation is 1. The molecule has 3 aromatic carbocycles. The Balaban J connectivity index is 1.69. The van der Waals surface area contributed by atoms with E-state index in [2.05, 4.69) is 95.6 Å². The molecule has 2 aliphatic rings. The second-order valence-electron chi connectivity index (χ2n) is 8.07. The van der Waals surface area contributed by atoms with Gasteiger partial charge in [0.2, 0.25) is 0 Å². The third-order valence-electron chi connectivity index (χ3n) is 6.58. The lowest BCUT2D eigenvalue weighted by Crippen LogP contribution is -2.24. The van der Waals surface area contributed by atoms with Crippen LogP contribution in [-0.2, 0) is 6.42 Å². The third kappa shape index (κ3) is 2.26. The van der Waals surface area contributed by atoms with Crippen LogP contribution in [0.2, 0.25) is 0 Å². The molecule has 1 heteroatoms. The van der Waals surface area contributed by atoms with Gasteiger partial charge in [0.05, 0.1) is 5.52 Å². The number of fused-ring (bicyclic) bond motifs is 3. The van der Waals surface area contributed by atoms with Gasteiger partial charge in [-0.3, -0.25) is 0 Å². The van der Waals surface area contributed by atoms with E-state index in [0.29, 0.717) is 11.8 Å². The molecule has 6 rings (SSSR count). The van der Waals surface area contributed by atoms with Crippen molar-refractivity contribution in [3.63, 3.8) is 0 Å². The summed E-state index contributed by atoms with van der Waals surface area (Å²) in [5.74, 6) is 0.998. The van der Waals surface area contributed by atoms with E-state index in [-0.39, 0.29) is 0 Å². The summed E-state index contributed by atoms with van der Waals surface area (Å²) in [6, 6.07) is 31.0. The molecule has 0 radical (unpaired) electrons. The fourth-order valence-electron chi connectivity index (χ4n) is 5.42. The van der Waals surface area contributed by atoms with Crippen molar-refractivity contribution >= 4 is 16.6 Å². The van der Waals surface area contributed by atoms with Crippen LogP contribution in [0.5, 0.6) is 0 Å². The van der Waals surface area contributed by atoms with Gasteiger partial charge in [-0.25, -0.2) is 0 Å². The van der Waals surface area contributed by atoms with E-state index >= 15 is 0 Å². The molecule has 136 valence electrons. The van der Waals surface area contributed by atoms with Gasteiger partial charge in [0, 0.05) is 28.6 Å². The normalized spacial score (nSPS) is 20.6. The minimum absolute atomic E-state index is 0.437. The summed E-state index contributed by atoms with van der Waals surface area (Å²) in [7, 11) is 0. The van der Waals surface area contributed by atoms with Gasteiger partial charge >= 0.3 is 0 Å². The van der Waals surface area contributed by atoms with Crippen molar-refractivity contribution in [3.8, 4) is 0 Å². The van der Waals surface area contributed by atoms with Crippen molar-refractivity contribution in [2.75, 3.05) is 0 Å². The molecule has 0 N–H and O–H groups in total. The monoisotopic (exact) mass is 361 g/mol. The van der Waals surface area contributed by atoms with Crippen LogP contribution in [0, 0.1) is 0 Å². The molecule has 28 heavy (non-hydrogen) atoms. The molecule has 0 saturated heterocycles. The molecule has 0 amide bonds. The second kappa shape index (κ2) is 6.24. The van der Waals surface area contributed by atoms with Gasteiger partial charge < -0.3 is 4.57 Å². The maximum atomic E-state index is 2.57. The van der Waals surface area contributed by atoms with E-state index in [1.807, 2.05) is 0 Å². The van der Waals surface area contributed by atoms with Crippen molar-refractivity contribution < 1.29 is 0 Å². The lowest BCUT2D eigenvalue weighted by Gasteiger charge is -2.36. The highest BCUT2D eigenvalue weighted by Crippen LogP contribution is 2.51. The zero-order valence-corrected chi connectivity index (χ0v) is 15.9. The molecular weight excluding hydrogens is 338 g/mol. The van der Waals surface area contributed by atoms with Crippen LogP contribution in [0.3, 0.4) is 0 Å². The predicted molar refractivity (Wildman–Crippen MR) is 117 cm³/mol. The number of benzene rings is 3. The molecule has 1 aromatic heterocycles. The molecule has 0 saturated carbocycles. The Hall–Kier alpha value is -3.06. The van der Waals surface area contributed by atoms with E-state index in [1.165, 1.54) is 47.0 Å². The van der Waals surface area contributed by atoms with Crippen molar-refractivity contribution in [3.05, 3.63) is 113 Å². The van der Waals surface area contributed by atoms with E-state index in [0.717, 1.165) is 0 Å². The number of hydrogen-bond acceptors (Lipinski definition) is 0. The molecule has 1 aliphatic heterocycles. The minimum atomic E-state index is 0.437. The summed E-state index contributed by atoms with van der Waals surface area (Å²) in [6.07, 6.45) is 6.28. The molecule has 1 aliphatic carbocycles. The van der Waals surface area contributed by atoms with Crippen LogP contribution in [-0.4, -0.2) is 4.57 Å². The number of rotatable bonds is 2. The predicted octanol–water partition coefficient (Wildman–Crippen LogP) is 6.75. The topological polar surface area (TPSA) is 4.93 Å². The highest BCUT2D eigenvalue weighted by atomic mass is 15.0. The van der Waals surface area contributed by atoms with Crippen LogP contribution in [0.15, 0.2) is 91.0 Å². The lowest BCUT2D eigenvalue weighted by molar-refractivity contribution is 0.489. The highest BCUT2D eigenvalue weighted by molar-refractivity contribution is 5.92. The molecular formula is C27H23N. The van der Waals surface area contributed by atoms with Gasteiger partial charge in [0.25, 0.3) is 0 Å². The highest BCUT2D eigenvalue weighted by Gasteiger charge is 2.37. The molecule has 2 atom stereocenters. The Morgan fingerprint density at radius 2 is 1.46 bits per heavy atom. The van der Waals surface area contributed by atoms with Gasteiger partial charge in [0.1, 0.15) is 0 Å². The fraction of sp³-hybridized carbons (Fsp3) is 0.185. The standard InChI is InChI=1S/C27H23N/c1-3-10-19(11-4-1)24-18-26(20-12-5-2-6-13-20)28-25-17-8-7-14-21(25)22-15-9-16-23(24)27(22)28/h1-8,10-14,17-18,23-24H,9,15-16H2/t23-,24-/m1/s1. The van der Waals surface area contributed by atoms with Crippen LogP contribution in [0.4, 0.5) is 0 Å². The molecule has 1 nitrogen and oxygen atoms in total. The average molecular weight is 361 g/mol. The number of aromatic nitrogens is 1. The van der Waals surface area contributed by atoms with Gasteiger partial charge in [-0.2, -0.15) is 0 Å². The second-order valence-corrected chi connectivity index (χ2v) is 8.07. The van der Waals surface area contributed by atoms with Crippen molar-refractivity contribution in [1.82, 2.24) is 4.57 Å². The maximum Gasteiger partial charge on any atom is 0.0534 e. The first-order valence-corrected chi connectivity index (χ1v) is 10.4. The number of para-hydroxylation sites is 1. The Kier molecular flexibility index (Phi) is 3.55. The molecule has 0 spiro atoms. The van der Waals surface area contributed by atoms with E-state index in [1.54, 1.807) is 11.3 Å². The first kappa shape index (κ1) is 15.9. The smallest absolute Gasteiger partial charge is 0.0534 e. The van der Waals surface area contributed by atoms with E-state index in [9.17, 15) is 0 Å². The SMILES string of the molecule is C1=C(c2ccccc2)n2c3c(c4ccccc42)CCC[C@@H]3[C@H]1c1ccccc1. The zero-order valence-electron chi connectivity index (χ0n) is 15.9. The summed E-state index contributed by atoms with van der Waals surface area (Å²) >= 11 is 0. The summed E-state index contributed by atoms with van der Waals surface area (Å²) in [4.78, 5) is 0. The van der Waals surface area contributed by atoms with E-state index in [4.69, 9.17) is 0 Å². The fourth-order valence-corrected chi connectivity index (χ4v) is 5.42. The Morgan fingerprint density at radius 3 is 2.29 bits per heavy atom. The Morgan fingerprint density at radius 1 is 0.750 bits per heavy atom. The summed E-state index contributed by atoms with van der Waals surface area (Å²) < 4.78 is 2.57. The van der Waals surface area contributed by atoms with Crippen molar-refractivity contribution in [2.24, 2.45) is 0 Å². The number of hydrogen-bond donors (Lipinski definition) is 0. The van der Waals surface area contributed by atoms with Crippen LogP contribution < -0.4 is 0 Å². The summed E-state index contributed by atoms with van der Waals surface area (Å²) in [5, 5.41) is 1.44. The maximum absolute atomic E-state index is 2.57. The molecule has 0 bridgehead atoms. The lowest BCUT2D eigenvalue weighted by atomic mass is 9.73. The van der Waals surface area contributed by atoms with Gasteiger partial charge in [-0.1, -0.05) is 84.9 Å². The first-order chi connectivity index (χ1) is 13.9. The van der Waals surface area contributed by atoms with Crippen molar-refractivity contribution in [2.45, 2.75) is 31.1 Å². The number of nitrogens with zero attached hydrogens (tertiary/aromatic N) is 1. The molecule has 0 fully saturated rings. The number of allylic oxidation sites excluding steroid dienone is 1. The van der Waals surface area contributed by atoms with Crippen LogP contribution >= 0.6 is 0 Å². The third-order valence-corrected chi connectivity index (χ3v) is 6.58. The molecule has 2 heterocycles.